The standard InChI is InChI=1S/C11H17NO3/c1-5-8-7-15-10(14)12(8)9(13)11(3,4)6-2/h5,8H,1,6-7H2,2-4H3/t8-/m0/s1. The second kappa shape index (κ2) is 4.04. The maximum Gasteiger partial charge on any atom is 0.417 e. The Morgan fingerprint density at radius 3 is 2.80 bits per heavy atom. The fourth-order valence-corrected chi connectivity index (χ4v) is 1.32. The first-order valence-corrected chi connectivity index (χ1v) is 5.07. The zero-order valence-electron chi connectivity index (χ0n) is 9.45. The van der Waals surface area contributed by atoms with Gasteiger partial charge in [-0.1, -0.05) is 26.8 Å². The highest BCUT2D eigenvalue weighted by Gasteiger charge is 2.41. The van der Waals surface area contributed by atoms with Gasteiger partial charge in [0.1, 0.15) is 6.61 Å². The number of carbonyl (C=O) groups excluding carboxylic acids is 2. The topological polar surface area (TPSA) is 46.6 Å². The molecule has 2 amide bonds. The lowest BCUT2D eigenvalue weighted by molar-refractivity contribution is -0.137. The normalized spacial score (nSPS) is 21.4. The molecule has 1 rings (SSSR count). The van der Waals surface area contributed by atoms with Gasteiger partial charge in [0.25, 0.3) is 0 Å². The average molecular weight is 211 g/mol. The van der Waals surface area contributed by atoms with Crippen molar-refractivity contribution in [3.63, 3.8) is 0 Å². The van der Waals surface area contributed by atoms with Gasteiger partial charge in [-0.25, -0.2) is 9.69 Å². The molecule has 1 fully saturated rings. The third-order valence-corrected chi connectivity index (χ3v) is 2.86. The zero-order chi connectivity index (χ0) is 11.6. The lowest BCUT2D eigenvalue weighted by atomic mass is 9.88. The van der Waals surface area contributed by atoms with Crippen molar-refractivity contribution in [2.45, 2.75) is 33.2 Å². The summed E-state index contributed by atoms with van der Waals surface area (Å²) in [6.45, 7) is 9.37. The Kier molecular flexibility index (Phi) is 3.17. The maximum absolute atomic E-state index is 12.1. The van der Waals surface area contributed by atoms with Crippen LogP contribution in [-0.2, 0) is 9.53 Å². The molecule has 1 saturated heterocycles. The molecule has 4 nitrogen and oxygen atoms in total. The van der Waals surface area contributed by atoms with Gasteiger partial charge in [-0.3, -0.25) is 4.79 Å². The van der Waals surface area contributed by atoms with Crippen molar-refractivity contribution in [1.82, 2.24) is 4.90 Å². The zero-order valence-corrected chi connectivity index (χ0v) is 9.45. The van der Waals surface area contributed by atoms with Crippen molar-refractivity contribution in [1.29, 1.82) is 0 Å². The number of ether oxygens (including phenoxy) is 1. The van der Waals surface area contributed by atoms with Crippen LogP contribution in [0.5, 0.6) is 0 Å². The van der Waals surface area contributed by atoms with Gasteiger partial charge in [-0.05, 0) is 6.42 Å². The summed E-state index contributed by atoms with van der Waals surface area (Å²) in [5.41, 5.74) is -0.537. The Balaban J connectivity index is 2.90. The molecule has 1 heterocycles. The molecule has 15 heavy (non-hydrogen) atoms. The second-order valence-corrected chi connectivity index (χ2v) is 4.29. The molecule has 0 saturated carbocycles. The monoisotopic (exact) mass is 211 g/mol. The van der Waals surface area contributed by atoms with Gasteiger partial charge in [-0.2, -0.15) is 0 Å². The van der Waals surface area contributed by atoms with Crippen molar-refractivity contribution < 1.29 is 14.3 Å². The molecule has 0 N–H and O–H groups in total. The minimum atomic E-state index is -0.563. The van der Waals surface area contributed by atoms with Crippen LogP contribution >= 0.6 is 0 Å². The molecule has 0 unspecified atom stereocenters. The molecule has 0 bridgehead atoms. The van der Waals surface area contributed by atoms with Crippen LogP contribution < -0.4 is 0 Å². The molecule has 0 spiro atoms. The minimum absolute atomic E-state index is 0.197. The van der Waals surface area contributed by atoms with E-state index in [9.17, 15) is 9.59 Å². The lowest BCUT2D eigenvalue weighted by Crippen LogP contribution is -2.45. The van der Waals surface area contributed by atoms with Crippen molar-refractivity contribution in [3.8, 4) is 0 Å². The van der Waals surface area contributed by atoms with E-state index in [1.807, 2.05) is 20.8 Å². The number of imide groups is 1. The van der Waals surface area contributed by atoms with Crippen LogP contribution in [0.4, 0.5) is 4.79 Å². The molecule has 1 aliphatic rings. The average Bonchev–Trinajstić information content (AvgIpc) is 2.58. The first-order chi connectivity index (χ1) is 6.94. The van der Waals surface area contributed by atoms with E-state index in [1.54, 1.807) is 6.08 Å². The molecule has 4 heteroatoms. The predicted octanol–water partition coefficient (Wildman–Crippen LogP) is 1.96. The Labute approximate surface area is 89.9 Å². The largest absolute Gasteiger partial charge is 0.447 e. The smallest absolute Gasteiger partial charge is 0.417 e. The summed E-state index contributed by atoms with van der Waals surface area (Å²) in [7, 11) is 0. The maximum atomic E-state index is 12.1. The minimum Gasteiger partial charge on any atom is -0.447 e. The van der Waals surface area contributed by atoms with E-state index in [1.165, 1.54) is 0 Å². The Morgan fingerprint density at radius 2 is 2.33 bits per heavy atom. The van der Waals surface area contributed by atoms with Crippen LogP contribution in [0.3, 0.4) is 0 Å². The van der Waals surface area contributed by atoms with Gasteiger partial charge in [0.15, 0.2) is 0 Å². The number of hydrogen-bond acceptors (Lipinski definition) is 3. The van der Waals surface area contributed by atoms with Gasteiger partial charge in [0.2, 0.25) is 5.91 Å². The van der Waals surface area contributed by atoms with E-state index in [2.05, 4.69) is 6.58 Å². The first-order valence-electron chi connectivity index (χ1n) is 5.07. The molecule has 0 aromatic carbocycles. The summed E-state index contributed by atoms with van der Waals surface area (Å²) >= 11 is 0. The number of nitrogens with zero attached hydrogens (tertiary/aromatic N) is 1. The fraction of sp³-hybridized carbons (Fsp3) is 0.636. The van der Waals surface area contributed by atoms with E-state index >= 15 is 0 Å². The van der Waals surface area contributed by atoms with E-state index in [0.29, 0.717) is 6.42 Å². The van der Waals surface area contributed by atoms with Crippen LogP contribution in [0.2, 0.25) is 0 Å². The van der Waals surface area contributed by atoms with E-state index < -0.39 is 11.5 Å². The third-order valence-electron chi connectivity index (χ3n) is 2.86. The number of amides is 2. The summed E-state index contributed by atoms with van der Waals surface area (Å²) in [4.78, 5) is 24.6. The van der Waals surface area contributed by atoms with E-state index in [0.717, 1.165) is 4.90 Å². The van der Waals surface area contributed by atoms with Crippen molar-refractivity contribution in [2.24, 2.45) is 5.41 Å². The second-order valence-electron chi connectivity index (χ2n) is 4.29. The molecule has 0 aliphatic carbocycles. The summed E-state index contributed by atoms with van der Waals surface area (Å²) in [6, 6.07) is -0.323. The Hall–Kier alpha value is -1.32. The van der Waals surface area contributed by atoms with Gasteiger partial charge in [0.05, 0.1) is 6.04 Å². The highest BCUT2D eigenvalue weighted by Crippen LogP contribution is 2.27. The molecule has 84 valence electrons. The van der Waals surface area contributed by atoms with Gasteiger partial charge < -0.3 is 4.74 Å². The molecular weight excluding hydrogens is 194 g/mol. The van der Waals surface area contributed by atoms with Gasteiger partial charge in [-0.15, -0.1) is 6.58 Å². The number of cyclic esters (lactones) is 1. The molecule has 0 aromatic rings. The van der Waals surface area contributed by atoms with Crippen LogP contribution in [0.1, 0.15) is 27.2 Å². The third kappa shape index (κ3) is 2.03. The summed E-state index contributed by atoms with van der Waals surface area (Å²) < 4.78 is 4.82. The SMILES string of the molecule is C=C[C@H]1COC(=O)N1C(=O)C(C)(C)CC. The molecular formula is C11H17NO3. The van der Waals surface area contributed by atoms with Gasteiger partial charge >= 0.3 is 6.09 Å². The lowest BCUT2D eigenvalue weighted by Gasteiger charge is -2.27. The van der Waals surface area contributed by atoms with Crippen molar-refractivity contribution in [2.75, 3.05) is 6.61 Å². The van der Waals surface area contributed by atoms with Crippen LogP contribution in [-0.4, -0.2) is 29.5 Å². The summed E-state index contributed by atoms with van der Waals surface area (Å²) in [5.74, 6) is -0.197. The Bertz CT molecular complexity index is 296. The molecule has 1 atom stereocenters. The summed E-state index contributed by atoms with van der Waals surface area (Å²) in [6.07, 6.45) is 1.68. The van der Waals surface area contributed by atoms with Crippen molar-refractivity contribution >= 4 is 12.0 Å². The predicted molar refractivity (Wildman–Crippen MR) is 56.3 cm³/mol. The molecule has 0 radical (unpaired) electrons. The van der Waals surface area contributed by atoms with Crippen LogP contribution in [0.15, 0.2) is 12.7 Å². The molecule has 0 aromatic heterocycles. The molecule has 1 aliphatic heterocycles. The highest BCUT2D eigenvalue weighted by molar-refractivity contribution is 5.96. The van der Waals surface area contributed by atoms with E-state index in [4.69, 9.17) is 4.74 Å². The van der Waals surface area contributed by atoms with E-state index in [-0.39, 0.29) is 18.6 Å². The van der Waals surface area contributed by atoms with Crippen LogP contribution in [0, 0.1) is 5.41 Å². The highest BCUT2D eigenvalue weighted by atomic mass is 16.6. The first kappa shape index (κ1) is 11.8. The Morgan fingerprint density at radius 1 is 1.73 bits per heavy atom. The number of hydrogen-bond donors (Lipinski definition) is 0. The fourth-order valence-electron chi connectivity index (χ4n) is 1.32. The number of carbonyl (C=O) groups is 2. The summed E-state index contributed by atoms with van der Waals surface area (Å²) in [5, 5.41) is 0. The van der Waals surface area contributed by atoms with Crippen LogP contribution in [0.25, 0.3) is 0 Å². The van der Waals surface area contributed by atoms with Gasteiger partial charge in [0, 0.05) is 5.41 Å². The number of rotatable bonds is 3. The van der Waals surface area contributed by atoms with Crippen molar-refractivity contribution in [3.05, 3.63) is 12.7 Å². The quantitative estimate of drug-likeness (QED) is 0.670.